The summed E-state index contributed by atoms with van der Waals surface area (Å²) in [6.45, 7) is 7.70. The van der Waals surface area contributed by atoms with E-state index in [9.17, 15) is 9.18 Å². The number of carbonyl (C=O) groups is 1. The molecule has 154 valence electrons. The van der Waals surface area contributed by atoms with Crippen molar-refractivity contribution in [2.75, 3.05) is 59.5 Å². The summed E-state index contributed by atoms with van der Waals surface area (Å²) in [6, 6.07) is 6.99. The monoisotopic (exact) mass is 389 g/mol. The molecule has 1 amide bonds. The van der Waals surface area contributed by atoms with Crippen LogP contribution in [0.1, 0.15) is 24.8 Å². The smallest absolute Gasteiger partial charge is 0.226 e. The number of nitrogens with zero attached hydrogens (tertiary/aromatic N) is 3. The summed E-state index contributed by atoms with van der Waals surface area (Å²) in [7, 11) is 2.25. The summed E-state index contributed by atoms with van der Waals surface area (Å²) in [5, 5.41) is 0. The van der Waals surface area contributed by atoms with Gasteiger partial charge in [-0.15, -0.1) is 0 Å². The molecule has 0 saturated carbocycles. The number of halogens is 1. The third kappa shape index (κ3) is 4.56. The number of morpholine rings is 1. The zero-order valence-corrected chi connectivity index (χ0v) is 16.9. The first kappa shape index (κ1) is 19.8. The number of ether oxygens (including phenoxy) is 1. The molecule has 1 aromatic carbocycles. The van der Waals surface area contributed by atoms with E-state index in [1.165, 1.54) is 18.6 Å². The van der Waals surface area contributed by atoms with Crippen LogP contribution in [0, 0.1) is 11.2 Å². The van der Waals surface area contributed by atoms with Crippen LogP contribution in [0.3, 0.4) is 0 Å². The maximum Gasteiger partial charge on any atom is 0.226 e. The van der Waals surface area contributed by atoms with Gasteiger partial charge in [-0.25, -0.2) is 4.39 Å². The topological polar surface area (TPSA) is 36.0 Å². The highest BCUT2D eigenvalue weighted by atomic mass is 19.1. The SMILES string of the molecule is CN1CC2(CCN(C(=O)Cc3cccc(F)c3)CC2)CC1CN1CCOCC1. The van der Waals surface area contributed by atoms with Gasteiger partial charge in [0.05, 0.1) is 19.6 Å². The summed E-state index contributed by atoms with van der Waals surface area (Å²) in [4.78, 5) is 19.7. The second-order valence-electron chi connectivity index (χ2n) is 8.87. The molecule has 28 heavy (non-hydrogen) atoms. The lowest BCUT2D eigenvalue weighted by molar-refractivity contribution is -0.132. The van der Waals surface area contributed by atoms with Crippen molar-refractivity contribution in [1.82, 2.24) is 14.7 Å². The first-order valence-electron chi connectivity index (χ1n) is 10.6. The van der Waals surface area contributed by atoms with E-state index in [1.54, 1.807) is 6.07 Å². The third-order valence-corrected chi connectivity index (χ3v) is 6.87. The predicted octanol–water partition coefficient (Wildman–Crippen LogP) is 2.01. The second kappa shape index (κ2) is 8.47. The molecular weight excluding hydrogens is 357 g/mol. The Kier molecular flexibility index (Phi) is 5.99. The molecule has 5 nitrogen and oxygen atoms in total. The number of benzene rings is 1. The predicted molar refractivity (Wildman–Crippen MR) is 107 cm³/mol. The number of amides is 1. The van der Waals surface area contributed by atoms with E-state index in [0.717, 1.165) is 70.9 Å². The largest absolute Gasteiger partial charge is 0.379 e. The van der Waals surface area contributed by atoms with Crippen LogP contribution >= 0.6 is 0 Å². The molecule has 6 heteroatoms. The molecule has 3 aliphatic heterocycles. The molecule has 4 rings (SSSR count). The Morgan fingerprint density at radius 1 is 1.21 bits per heavy atom. The molecule has 1 aromatic rings. The Labute approximate surface area is 167 Å². The highest BCUT2D eigenvalue weighted by Crippen LogP contribution is 2.43. The van der Waals surface area contributed by atoms with Crippen LogP contribution in [-0.4, -0.2) is 86.2 Å². The molecule has 0 bridgehead atoms. The molecular formula is C22H32FN3O2. The van der Waals surface area contributed by atoms with Crippen LogP contribution in [-0.2, 0) is 16.0 Å². The van der Waals surface area contributed by atoms with Crippen LogP contribution in [0.4, 0.5) is 4.39 Å². The highest BCUT2D eigenvalue weighted by molar-refractivity contribution is 5.78. The minimum Gasteiger partial charge on any atom is -0.379 e. The van der Waals surface area contributed by atoms with Gasteiger partial charge in [-0.2, -0.15) is 0 Å². The summed E-state index contributed by atoms with van der Waals surface area (Å²) in [5.41, 5.74) is 1.11. The van der Waals surface area contributed by atoms with Gasteiger partial charge in [0.1, 0.15) is 5.82 Å². The van der Waals surface area contributed by atoms with Crippen LogP contribution in [0.2, 0.25) is 0 Å². The number of rotatable bonds is 4. The summed E-state index contributed by atoms with van der Waals surface area (Å²) in [5.74, 6) is -0.153. The second-order valence-corrected chi connectivity index (χ2v) is 8.87. The van der Waals surface area contributed by atoms with Crippen molar-refractivity contribution in [3.8, 4) is 0 Å². The molecule has 1 spiro atoms. The molecule has 0 radical (unpaired) electrons. The normalized spacial score (nSPS) is 26.1. The van der Waals surface area contributed by atoms with E-state index in [-0.39, 0.29) is 11.7 Å². The zero-order valence-electron chi connectivity index (χ0n) is 16.9. The van der Waals surface area contributed by atoms with Crippen molar-refractivity contribution in [2.45, 2.75) is 31.7 Å². The van der Waals surface area contributed by atoms with Gasteiger partial charge in [0.25, 0.3) is 0 Å². The van der Waals surface area contributed by atoms with Gasteiger partial charge < -0.3 is 14.5 Å². The fourth-order valence-corrected chi connectivity index (χ4v) is 5.19. The van der Waals surface area contributed by atoms with E-state index in [0.29, 0.717) is 17.9 Å². The van der Waals surface area contributed by atoms with Crippen molar-refractivity contribution >= 4 is 5.91 Å². The summed E-state index contributed by atoms with van der Waals surface area (Å²) >= 11 is 0. The van der Waals surface area contributed by atoms with Crippen LogP contribution in [0.25, 0.3) is 0 Å². The van der Waals surface area contributed by atoms with Crippen LogP contribution in [0.15, 0.2) is 24.3 Å². The molecule has 3 aliphatic rings. The molecule has 0 aromatic heterocycles. The number of piperidine rings is 1. The minimum absolute atomic E-state index is 0.122. The maximum atomic E-state index is 13.4. The molecule has 3 saturated heterocycles. The van der Waals surface area contributed by atoms with Gasteiger partial charge in [0.2, 0.25) is 5.91 Å². The van der Waals surface area contributed by atoms with E-state index in [2.05, 4.69) is 16.8 Å². The van der Waals surface area contributed by atoms with E-state index in [4.69, 9.17) is 4.74 Å². The molecule has 1 unspecified atom stereocenters. The van der Waals surface area contributed by atoms with Crippen molar-refractivity contribution in [2.24, 2.45) is 5.41 Å². The molecule has 1 atom stereocenters. The van der Waals surface area contributed by atoms with Crippen molar-refractivity contribution in [3.05, 3.63) is 35.6 Å². The number of hydrogen-bond acceptors (Lipinski definition) is 4. The van der Waals surface area contributed by atoms with Crippen molar-refractivity contribution in [1.29, 1.82) is 0 Å². The third-order valence-electron chi connectivity index (χ3n) is 6.87. The summed E-state index contributed by atoms with van der Waals surface area (Å²) in [6.07, 6.45) is 3.68. The van der Waals surface area contributed by atoms with E-state index >= 15 is 0 Å². The first-order valence-corrected chi connectivity index (χ1v) is 10.6. The fraction of sp³-hybridized carbons (Fsp3) is 0.682. The Morgan fingerprint density at radius 3 is 2.68 bits per heavy atom. The quantitative estimate of drug-likeness (QED) is 0.789. The van der Waals surface area contributed by atoms with E-state index in [1.807, 2.05) is 11.0 Å². The fourth-order valence-electron chi connectivity index (χ4n) is 5.19. The lowest BCUT2D eigenvalue weighted by Crippen LogP contribution is -2.44. The highest BCUT2D eigenvalue weighted by Gasteiger charge is 2.45. The van der Waals surface area contributed by atoms with Gasteiger partial charge in [-0.1, -0.05) is 12.1 Å². The number of carbonyl (C=O) groups excluding carboxylic acids is 1. The van der Waals surface area contributed by atoms with Crippen LogP contribution in [0.5, 0.6) is 0 Å². The van der Waals surface area contributed by atoms with Gasteiger partial charge in [0, 0.05) is 45.3 Å². The number of hydrogen-bond donors (Lipinski definition) is 0. The molecule has 3 fully saturated rings. The van der Waals surface area contributed by atoms with E-state index < -0.39 is 0 Å². The van der Waals surface area contributed by atoms with Crippen molar-refractivity contribution in [3.63, 3.8) is 0 Å². The average molecular weight is 390 g/mol. The molecule has 0 N–H and O–H groups in total. The maximum absolute atomic E-state index is 13.4. The molecule has 0 aliphatic carbocycles. The van der Waals surface area contributed by atoms with Gasteiger partial charge >= 0.3 is 0 Å². The Balaban J connectivity index is 1.29. The average Bonchev–Trinajstić information content (AvgIpc) is 2.98. The number of likely N-dealkylation sites (tertiary alicyclic amines) is 2. The summed E-state index contributed by atoms with van der Waals surface area (Å²) < 4.78 is 18.8. The Hall–Kier alpha value is -1.50. The number of likely N-dealkylation sites (N-methyl/N-ethyl adjacent to an activating group) is 1. The van der Waals surface area contributed by atoms with Crippen molar-refractivity contribution < 1.29 is 13.9 Å². The van der Waals surface area contributed by atoms with Gasteiger partial charge in [0.15, 0.2) is 0 Å². The lowest BCUT2D eigenvalue weighted by atomic mass is 9.76. The Morgan fingerprint density at radius 2 is 1.96 bits per heavy atom. The van der Waals surface area contributed by atoms with Gasteiger partial charge in [-0.3, -0.25) is 9.69 Å². The molecule has 3 heterocycles. The minimum atomic E-state index is -0.275. The first-order chi connectivity index (χ1) is 13.5. The zero-order chi connectivity index (χ0) is 19.6. The Bertz CT molecular complexity index is 684. The van der Waals surface area contributed by atoms with Crippen LogP contribution < -0.4 is 0 Å². The standard InChI is InChI=1S/C22H32FN3O2/c1-24-17-22(15-20(24)16-25-9-11-28-12-10-25)5-7-26(8-6-22)21(27)14-18-3-2-4-19(23)13-18/h2-4,13,20H,5-12,14-17H2,1H3. The van der Waals surface area contributed by atoms with Gasteiger partial charge in [-0.05, 0) is 49.4 Å². The lowest BCUT2D eigenvalue weighted by Gasteiger charge is -2.39.